The van der Waals surface area contributed by atoms with Crippen molar-refractivity contribution in [1.29, 1.82) is 0 Å². The fourth-order valence-corrected chi connectivity index (χ4v) is 2.98. The second-order valence-electron chi connectivity index (χ2n) is 5.49. The minimum absolute atomic E-state index is 0.191. The summed E-state index contributed by atoms with van der Waals surface area (Å²) in [6.07, 6.45) is 3.88. The van der Waals surface area contributed by atoms with Crippen molar-refractivity contribution < 1.29 is 14.6 Å². The van der Waals surface area contributed by atoms with Crippen LogP contribution in [-0.4, -0.2) is 30.3 Å². The molecule has 1 aromatic rings. The van der Waals surface area contributed by atoms with Crippen LogP contribution in [0.15, 0.2) is 18.2 Å². The second kappa shape index (κ2) is 4.53. The number of anilines is 1. The average molecular weight is 261 g/mol. The number of aliphatic hydroxyl groups is 1. The van der Waals surface area contributed by atoms with E-state index in [2.05, 4.69) is 0 Å². The summed E-state index contributed by atoms with van der Waals surface area (Å²) in [6.45, 7) is 0.709. The van der Waals surface area contributed by atoms with Crippen LogP contribution >= 0.6 is 0 Å². The highest BCUT2D eigenvalue weighted by atomic mass is 16.5. The van der Waals surface area contributed by atoms with E-state index in [9.17, 15) is 9.90 Å². The molecule has 1 aliphatic carbocycles. The van der Waals surface area contributed by atoms with Crippen LogP contribution < -0.4 is 9.64 Å². The topological polar surface area (TPSA) is 49.8 Å². The van der Waals surface area contributed by atoms with Crippen molar-refractivity contribution in [3.8, 4) is 5.75 Å². The Morgan fingerprint density at radius 1 is 1.37 bits per heavy atom. The van der Waals surface area contributed by atoms with Gasteiger partial charge in [0.15, 0.2) is 0 Å². The summed E-state index contributed by atoms with van der Waals surface area (Å²) in [7, 11) is 1.73. The quantitative estimate of drug-likeness (QED) is 0.884. The molecule has 4 heteroatoms. The zero-order valence-corrected chi connectivity index (χ0v) is 11.2. The number of nitrogens with zero attached hydrogens (tertiary/aromatic N) is 1. The molecule has 19 heavy (non-hydrogen) atoms. The van der Waals surface area contributed by atoms with Gasteiger partial charge in [-0.2, -0.15) is 0 Å². The van der Waals surface area contributed by atoms with Crippen LogP contribution in [0.1, 0.15) is 31.2 Å². The zero-order chi connectivity index (χ0) is 13.5. The summed E-state index contributed by atoms with van der Waals surface area (Å²) in [6, 6.07) is 5.76. The second-order valence-corrected chi connectivity index (χ2v) is 5.49. The Balaban J connectivity index is 1.83. The predicted octanol–water partition coefficient (Wildman–Crippen LogP) is 1.89. The highest BCUT2D eigenvalue weighted by Gasteiger charge is 2.41. The van der Waals surface area contributed by atoms with E-state index in [1.807, 2.05) is 18.2 Å². The summed E-state index contributed by atoms with van der Waals surface area (Å²) >= 11 is 0. The third kappa shape index (κ3) is 2.10. The number of amides is 1. The third-order valence-electron chi connectivity index (χ3n) is 4.19. The van der Waals surface area contributed by atoms with Gasteiger partial charge in [-0.15, -0.1) is 0 Å². The Labute approximate surface area is 113 Å². The molecule has 0 atom stereocenters. The van der Waals surface area contributed by atoms with Crippen molar-refractivity contribution >= 4 is 11.6 Å². The number of rotatable bonds is 2. The summed E-state index contributed by atoms with van der Waals surface area (Å²) in [5.74, 6) is 0.716. The maximum absolute atomic E-state index is 12.4. The number of carbonyl (C=O) groups excluding carboxylic acids is 1. The van der Waals surface area contributed by atoms with Gasteiger partial charge in [-0.25, -0.2) is 0 Å². The summed E-state index contributed by atoms with van der Waals surface area (Å²) in [4.78, 5) is 14.0. The Morgan fingerprint density at radius 2 is 2.11 bits per heavy atom. The molecule has 0 aromatic heterocycles. The van der Waals surface area contributed by atoms with Gasteiger partial charge in [-0.3, -0.25) is 4.79 Å². The van der Waals surface area contributed by atoms with Gasteiger partial charge in [0.25, 0.3) is 5.91 Å². The lowest BCUT2D eigenvalue weighted by Crippen LogP contribution is -2.45. The minimum Gasteiger partial charge on any atom is -0.493 e. The molecule has 0 spiro atoms. The smallest absolute Gasteiger partial charge is 0.258 e. The first kappa shape index (κ1) is 12.5. The molecule has 1 saturated carbocycles. The SMILES string of the molecule is CN(C(=O)C1(O)CCCC1)c1ccc2c(c1)CCO2. The molecule has 0 radical (unpaired) electrons. The Morgan fingerprint density at radius 3 is 2.84 bits per heavy atom. The summed E-state index contributed by atoms with van der Waals surface area (Å²) in [5.41, 5.74) is 0.801. The van der Waals surface area contributed by atoms with Crippen molar-refractivity contribution in [2.24, 2.45) is 0 Å². The lowest BCUT2D eigenvalue weighted by molar-refractivity contribution is -0.135. The van der Waals surface area contributed by atoms with Crippen molar-refractivity contribution in [3.63, 3.8) is 0 Å². The predicted molar refractivity (Wildman–Crippen MR) is 72.5 cm³/mol. The molecule has 0 unspecified atom stereocenters. The van der Waals surface area contributed by atoms with Crippen LogP contribution in [-0.2, 0) is 11.2 Å². The Bertz CT molecular complexity index is 506. The van der Waals surface area contributed by atoms with Gasteiger partial charge in [-0.05, 0) is 49.4 Å². The first-order valence-corrected chi connectivity index (χ1v) is 6.86. The third-order valence-corrected chi connectivity index (χ3v) is 4.19. The number of carbonyl (C=O) groups is 1. The molecule has 0 bridgehead atoms. The standard InChI is InChI=1S/C15H19NO3/c1-16(14(17)15(18)7-2-3-8-15)12-4-5-13-11(10-12)6-9-19-13/h4-5,10,18H,2-3,6-9H2,1H3. The molecule has 102 valence electrons. The molecule has 1 aliphatic heterocycles. The molecular weight excluding hydrogens is 242 g/mol. The molecule has 1 aromatic carbocycles. The van der Waals surface area contributed by atoms with E-state index in [4.69, 9.17) is 4.74 Å². The number of fused-ring (bicyclic) bond motifs is 1. The van der Waals surface area contributed by atoms with Gasteiger partial charge >= 0.3 is 0 Å². The maximum Gasteiger partial charge on any atom is 0.258 e. The van der Waals surface area contributed by atoms with Gasteiger partial charge in [0.05, 0.1) is 6.61 Å². The van der Waals surface area contributed by atoms with Crippen molar-refractivity contribution in [2.45, 2.75) is 37.7 Å². The normalized spacial score (nSPS) is 19.9. The van der Waals surface area contributed by atoms with Gasteiger partial charge < -0.3 is 14.7 Å². The van der Waals surface area contributed by atoms with Crippen molar-refractivity contribution in [2.75, 3.05) is 18.6 Å². The van der Waals surface area contributed by atoms with Crippen LogP contribution in [0.3, 0.4) is 0 Å². The molecule has 1 heterocycles. The van der Waals surface area contributed by atoms with E-state index < -0.39 is 5.60 Å². The van der Waals surface area contributed by atoms with Crippen LogP contribution in [0.2, 0.25) is 0 Å². The van der Waals surface area contributed by atoms with E-state index >= 15 is 0 Å². The van der Waals surface area contributed by atoms with Crippen LogP contribution in [0.25, 0.3) is 0 Å². The Hall–Kier alpha value is -1.55. The molecule has 2 aliphatic rings. The summed E-state index contributed by atoms with van der Waals surface area (Å²) in [5, 5.41) is 10.4. The van der Waals surface area contributed by atoms with Crippen molar-refractivity contribution in [1.82, 2.24) is 0 Å². The van der Waals surface area contributed by atoms with E-state index in [1.54, 1.807) is 11.9 Å². The largest absolute Gasteiger partial charge is 0.493 e. The van der Waals surface area contributed by atoms with E-state index in [0.717, 1.165) is 36.3 Å². The fraction of sp³-hybridized carbons (Fsp3) is 0.533. The number of ether oxygens (including phenoxy) is 1. The van der Waals surface area contributed by atoms with E-state index in [0.29, 0.717) is 19.4 Å². The fourth-order valence-electron chi connectivity index (χ4n) is 2.98. The number of hydrogen-bond acceptors (Lipinski definition) is 3. The molecule has 3 rings (SSSR count). The van der Waals surface area contributed by atoms with Gasteiger partial charge in [0.1, 0.15) is 11.4 Å². The molecule has 1 fully saturated rings. The monoisotopic (exact) mass is 261 g/mol. The number of benzene rings is 1. The number of hydrogen-bond donors (Lipinski definition) is 1. The first-order chi connectivity index (χ1) is 9.10. The van der Waals surface area contributed by atoms with Gasteiger partial charge in [0, 0.05) is 19.2 Å². The first-order valence-electron chi connectivity index (χ1n) is 6.86. The molecule has 0 saturated heterocycles. The van der Waals surface area contributed by atoms with Gasteiger partial charge in [-0.1, -0.05) is 0 Å². The Kier molecular flexibility index (Phi) is 2.97. The van der Waals surface area contributed by atoms with Crippen LogP contribution in [0.4, 0.5) is 5.69 Å². The molecular formula is C15H19NO3. The zero-order valence-electron chi connectivity index (χ0n) is 11.2. The lowest BCUT2D eigenvalue weighted by Gasteiger charge is -2.28. The molecule has 4 nitrogen and oxygen atoms in total. The van der Waals surface area contributed by atoms with Crippen LogP contribution in [0, 0.1) is 0 Å². The minimum atomic E-state index is -1.16. The molecule has 1 amide bonds. The average Bonchev–Trinajstić information content (AvgIpc) is 3.05. The molecule has 1 N–H and O–H groups in total. The lowest BCUT2D eigenvalue weighted by atomic mass is 10.0. The van der Waals surface area contributed by atoms with E-state index in [-0.39, 0.29) is 5.91 Å². The van der Waals surface area contributed by atoms with Gasteiger partial charge in [0.2, 0.25) is 0 Å². The maximum atomic E-state index is 12.4. The highest BCUT2D eigenvalue weighted by Crippen LogP contribution is 2.34. The highest BCUT2D eigenvalue weighted by molar-refractivity contribution is 5.99. The van der Waals surface area contributed by atoms with Crippen LogP contribution in [0.5, 0.6) is 5.75 Å². The summed E-state index contributed by atoms with van der Waals surface area (Å²) < 4.78 is 5.46. The van der Waals surface area contributed by atoms with E-state index in [1.165, 1.54) is 0 Å². The number of likely N-dealkylation sites (N-methyl/N-ethyl adjacent to an activating group) is 1. The van der Waals surface area contributed by atoms with Crippen molar-refractivity contribution in [3.05, 3.63) is 23.8 Å².